The van der Waals surface area contributed by atoms with Crippen molar-refractivity contribution in [2.45, 2.75) is 33.1 Å². The maximum atomic E-state index is 8.76. The summed E-state index contributed by atoms with van der Waals surface area (Å²) in [7, 11) is 0. The van der Waals surface area contributed by atoms with Crippen LogP contribution in [0.2, 0.25) is 0 Å². The molecule has 0 bridgehead atoms. The fourth-order valence-corrected chi connectivity index (χ4v) is 1.80. The SMILES string of the molecule is C\C=C/C=c1/[nH]cc(CCCCO)/c1=C/C. The number of H-pyrrole nitrogens is 1. The summed E-state index contributed by atoms with van der Waals surface area (Å²) in [5.74, 6) is 0. The summed E-state index contributed by atoms with van der Waals surface area (Å²) >= 11 is 0. The van der Waals surface area contributed by atoms with Crippen molar-refractivity contribution in [2.75, 3.05) is 6.61 Å². The zero-order valence-corrected chi connectivity index (χ0v) is 10.2. The van der Waals surface area contributed by atoms with Gasteiger partial charge in [-0.2, -0.15) is 0 Å². The Morgan fingerprint density at radius 2 is 2.12 bits per heavy atom. The van der Waals surface area contributed by atoms with Gasteiger partial charge in [0.05, 0.1) is 0 Å². The molecule has 0 radical (unpaired) electrons. The molecule has 0 aliphatic heterocycles. The molecule has 0 amide bonds. The van der Waals surface area contributed by atoms with Crippen molar-refractivity contribution < 1.29 is 5.11 Å². The summed E-state index contributed by atoms with van der Waals surface area (Å²) in [4.78, 5) is 3.29. The molecule has 2 nitrogen and oxygen atoms in total. The minimum atomic E-state index is 0.285. The molecule has 0 unspecified atom stereocenters. The Labute approximate surface area is 97.0 Å². The number of nitrogens with one attached hydrogen (secondary N) is 1. The van der Waals surface area contributed by atoms with Crippen molar-refractivity contribution in [1.29, 1.82) is 0 Å². The fraction of sp³-hybridized carbons (Fsp3) is 0.429. The third kappa shape index (κ3) is 3.38. The maximum absolute atomic E-state index is 8.76. The van der Waals surface area contributed by atoms with Crippen molar-refractivity contribution in [2.24, 2.45) is 0 Å². The average Bonchev–Trinajstić information content (AvgIpc) is 2.69. The molecule has 0 aliphatic carbocycles. The van der Waals surface area contributed by atoms with Crippen LogP contribution in [-0.4, -0.2) is 16.7 Å². The van der Waals surface area contributed by atoms with Crippen molar-refractivity contribution in [3.8, 4) is 0 Å². The number of aryl methyl sites for hydroxylation is 1. The lowest BCUT2D eigenvalue weighted by molar-refractivity contribution is 0.284. The number of unbranched alkanes of at least 4 members (excludes halogenated alkanes) is 1. The minimum absolute atomic E-state index is 0.285. The summed E-state index contributed by atoms with van der Waals surface area (Å²) in [5.41, 5.74) is 1.34. The average molecular weight is 219 g/mol. The smallest absolute Gasteiger partial charge is 0.0453 e. The molecule has 16 heavy (non-hydrogen) atoms. The molecule has 0 saturated heterocycles. The molecule has 0 saturated carbocycles. The predicted octanol–water partition coefficient (Wildman–Crippen LogP) is 1.49. The molecular weight excluding hydrogens is 198 g/mol. The van der Waals surface area contributed by atoms with E-state index in [0.717, 1.165) is 19.3 Å². The number of rotatable bonds is 5. The van der Waals surface area contributed by atoms with Crippen molar-refractivity contribution in [3.05, 3.63) is 34.5 Å². The largest absolute Gasteiger partial charge is 0.396 e. The number of aliphatic hydroxyl groups is 1. The van der Waals surface area contributed by atoms with E-state index in [1.807, 2.05) is 19.1 Å². The molecule has 0 aromatic carbocycles. The van der Waals surface area contributed by atoms with Gasteiger partial charge in [-0.05, 0) is 50.0 Å². The normalized spacial score (nSPS) is 14.2. The van der Waals surface area contributed by atoms with Gasteiger partial charge in [-0.25, -0.2) is 0 Å². The van der Waals surface area contributed by atoms with Gasteiger partial charge in [0.25, 0.3) is 0 Å². The first-order valence-corrected chi connectivity index (χ1v) is 5.90. The Kier molecular flexibility index (Phi) is 5.65. The van der Waals surface area contributed by atoms with Crippen molar-refractivity contribution >= 4 is 12.2 Å². The Balaban J connectivity index is 2.92. The Hall–Kier alpha value is -1.28. The molecule has 0 fully saturated rings. The third-order valence-corrected chi connectivity index (χ3v) is 2.64. The molecular formula is C14H21NO. The van der Waals surface area contributed by atoms with Crippen LogP contribution in [-0.2, 0) is 6.42 Å². The first-order valence-electron chi connectivity index (χ1n) is 5.90. The summed E-state index contributed by atoms with van der Waals surface area (Å²) in [6.45, 7) is 4.36. The number of allylic oxidation sites excluding steroid dienone is 2. The maximum Gasteiger partial charge on any atom is 0.0453 e. The zero-order chi connectivity index (χ0) is 11.8. The van der Waals surface area contributed by atoms with Gasteiger partial charge in [-0.15, -0.1) is 0 Å². The molecule has 1 aromatic heterocycles. The van der Waals surface area contributed by atoms with Crippen LogP contribution in [0.4, 0.5) is 0 Å². The Morgan fingerprint density at radius 1 is 1.31 bits per heavy atom. The lowest BCUT2D eigenvalue weighted by atomic mass is 10.1. The number of aromatic amines is 1. The highest BCUT2D eigenvalue weighted by molar-refractivity contribution is 5.39. The molecule has 0 atom stereocenters. The van der Waals surface area contributed by atoms with E-state index in [2.05, 4.69) is 30.3 Å². The van der Waals surface area contributed by atoms with Crippen LogP contribution in [0.25, 0.3) is 12.2 Å². The second kappa shape index (κ2) is 7.07. The molecule has 1 rings (SSSR count). The van der Waals surface area contributed by atoms with Crippen LogP contribution < -0.4 is 10.6 Å². The second-order valence-electron chi connectivity index (χ2n) is 3.80. The van der Waals surface area contributed by atoms with E-state index in [-0.39, 0.29) is 6.61 Å². The lowest BCUT2D eigenvalue weighted by Crippen LogP contribution is -2.24. The van der Waals surface area contributed by atoms with Crippen molar-refractivity contribution in [1.82, 2.24) is 4.98 Å². The number of hydrogen-bond acceptors (Lipinski definition) is 1. The van der Waals surface area contributed by atoms with Gasteiger partial charge in [0, 0.05) is 18.2 Å². The first kappa shape index (κ1) is 12.8. The van der Waals surface area contributed by atoms with Gasteiger partial charge >= 0.3 is 0 Å². The predicted molar refractivity (Wildman–Crippen MR) is 69.5 cm³/mol. The monoisotopic (exact) mass is 219 g/mol. The molecule has 88 valence electrons. The van der Waals surface area contributed by atoms with Gasteiger partial charge in [-0.1, -0.05) is 18.2 Å². The molecule has 1 heterocycles. The van der Waals surface area contributed by atoms with Gasteiger partial charge in [0.1, 0.15) is 0 Å². The van der Waals surface area contributed by atoms with Gasteiger partial charge in [0.2, 0.25) is 0 Å². The number of aliphatic hydroxyl groups excluding tert-OH is 1. The highest BCUT2D eigenvalue weighted by Crippen LogP contribution is 1.97. The molecule has 0 aliphatic rings. The highest BCUT2D eigenvalue weighted by Gasteiger charge is 1.98. The van der Waals surface area contributed by atoms with E-state index in [4.69, 9.17) is 5.11 Å². The minimum Gasteiger partial charge on any atom is -0.396 e. The van der Waals surface area contributed by atoms with Crippen LogP contribution in [0.3, 0.4) is 0 Å². The summed E-state index contributed by atoms with van der Waals surface area (Å²) in [5, 5.41) is 11.2. The van der Waals surface area contributed by atoms with E-state index in [1.165, 1.54) is 16.1 Å². The molecule has 2 heteroatoms. The van der Waals surface area contributed by atoms with Gasteiger partial charge in [-0.3, -0.25) is 0 Å². The van der Waals surface area contributed by atoms with E-state index in [9.17, 15) is 0 Å². The molecule has 0 spiro atoms. The number of aromatic nitrogens is 1. The van der Waals surface area contributed by atoms with Crippen LogP contribution in [0.1, 0.15) is 32.3 Å². The quantitative estimate of drug-likeness (QED) is 0.723. The number of hydrogen-bond donors (Lipinski definition) is 2. The highest BCUT2D eigenvalue weighted by atomic mass is 16.2. The van der Waals surface area contributed by atoms with E-state index < -0.39 is 0 Å². The van der Waals surface area contributed by atoms with E-state index >= 15 is 0 Å². The standard InChI is InChI=1S/C14H21NO/c1-3-5-9-14-13(4-2)12(11-15-14)8-6-7-10-16/h3-5,9,11,15-16H,6-8,10H2,1-2H3/b5-3-,13-4-,14-9+. The summed E-state index contributed by atoms with van der Waals surface area (Å²) in [6, 6.07) is 0. The zero-order valence-electron chi connectivity index (χ0n) is 10.2. The second-order valence-corrected chi connectivity index (χ2v) is 3.80. The van der Waals surface area contributed by atoms with Crippen LogP contribution in [0.5, 0.6) is 0 Å². The Bertz CT molecular complexity index is 440. The fourth-order valence-electron chi connectivity index (χ4n) is 1.80. The topological polar surface area (TPSA) is 36.0 Å². The van der Waals surface area contributed by atoms with E-state index in [1.54, 1.807) is 0 Å². The lowest BCUT2D eigenvalue weighted by Gasteiger charge is -1.95. The van der Waals surface area contributed by atoms with Crippen LogP contribution >= 0.6 is 0 Å². The summed E-state index contributed by atoms with van der Waals surface area (Å²) < 4.78 is 0. The molecule has 2 N–H and O–H groups in total. The summed E-state index contributed by atoms with van der Waals surface area (Å²) in [6.07, 6.45) is 13.3. The van der Waals surface area contributed by atoms with Crippen LogP contribution in [0.15, 0.2) is 18.3 Å². The third-order valence-electron chi connectivity index (χ3n) is 2.64. The molecule has 1 aromatic rings. The Morgan fingerprint density at radius 3 is 2.75 bits per heavy atom. The van der Waals surface area contributed by atoms with Gasteiger partial charge < -0.3 is 10.1 Å². The van der Waals surface area contributed by atoms with Crippen molar-refractivity contribution in [3.63, 3.8) is 0 Å². The first-order chi connectivity index (χ1) is 7.83. The van der Waals surface area contributed by atoms with E-state index in [0.29, 0.717) is 0 Å². The van der Waals surface area contributed by atoms with Gasteiger partial charge in [0.15, 0.2) is 0 Å². The van der Waals surface area contributed by atoms with Crippen LogP contribution in [0, 0.1) is 0 Å².